The number of nitrogens with one attached hydrogen (secondary N) is 2. The van der Waals surface area contributed by atoms with Crippen LogP contribution in [0.25, 0.3) is 33.4 Å². The molecule has 0 unspecified atom stereocenters. The molecule has 1 aliphatic carbocycles. The van der Waals surface area contributed by atoms with Crippen LogP contribution in [0.5, 0.6) is 0 Å². The van der Waals surface area contributed by atoms with Crippen molar-refractivity contribution in [3.05, 3.63) is 63.9 Å². The van der Waals surface area contributed by atoms with Gasteiger partial charge in [0.05, 0.1) is 17.6 Å². The third kappa shape index (κ3) is 4.21. The molecule has 5 rings (SSSR count). The number of aryl methyl sites for hydroxylation is 1. The number of pyridine rings is 1. The molecule has 0 aliphatic heterocycles. The third-order valence-electron chi connectivity index (χ3n) is 5.84. The van der Waals surface area contributed by atoms with Crippen molar-refractivity contribution in [2.24, 2.45) is 0 Å². The van der Waals surface area contributed by atoms with Crippen molar-refractivity contribution in [3.63, 3.8) is 0 Å². The van der Waals surface area contributed by atoms with E-state index in [4.69, 9.17) is 11.6 Å². The summed E-state index contributed by atoms with van der Waals surface area (Å²) in [7, 11) is 0. The van der Waals surface area contributed by atoms with Gasteiger partial charge < -0.3 is 10.3 Å². The monoisotopic (exact) mass is 446 g/mol. The van der Waals surface area contributed by atoms with Crippen molar-refractivity contribution in [1.29, 1.82) is 0 Å². The number of hydrogen-bond acceptors (Lipinski definition) is 6. The van der Waals surface area contributed by atoms with Crippen LogP contribution >= 0.6 is 11.6 Å². The fourth-order valence-electron chi connectivity index (χ4n) is 4.19. The van der Waals surface area contributed by atoms with E-state index in [1.165, 1.54) is 19.3 Å². The molecule has 162 valence electrons. The second-order valence-electron chi connectivity index (χ2n) is 8.23. The van der Waals surface area contributed by atoms with Crippen LogP contribution in [0, 0.1) is 6.92 Å². The van der Waals surface area contributed by atoms with Gasteiger partial charge in [0.15, 0.2) is 0 Å². The number of aromatic nitrogens is 5. The normalized spacial score (nSPS) is 14.6. The molecule has 1 saturated carbocycles. The number of anilines is 1. The van der Waals surface area contributed by atoms with Gasteiger partial charge in [0, 0.05) is 45.5 Å². The molecule has 0 amide bonds. The van der Waals surface area contributed by atoms with Crippen LogP contribution in [0.2, 0.25) is 5.02 Å². The summed E-state index contributed by atoms with van der Waals surface area (Å²) >= 11 is 6.57. The molecule has 0 atom stereocenters. The molecule has 3 heterocycles. The zero-order valence-electron chi connectivity index (χ0n) is 17.7. The lowest BCUT2D eigenvalue weighted by atomic mass is 9.96. The molecule has 0 spiro atoms. The van der Waals surface area contributed by atoms with Crippen LogP contribution in [0.1, 0.15) is 37.8 Å². The molecule has 0 bridgehead atoms. The van der Waals surface area contributed by atoms with E-state index in [-0.39, 0.29) is 5.56 Å². The predicted octanol–water partition coefficient (Wildman–Crippen LogP) is 5.15. The van der Waals surface area contributed by atoms with Crippen LogP contribution < -0.4 is 10.9 Å². The Balaban J connectivity index is 1.47. The van der Waals surface area contributed by atoms with E-state index in [1.54, 1.807) is 30.7 Å². The van der Waals surface area contributed by atoms with Crippen molar-refractivity contribution in [3.8, 4) is 22.4 Å². The van der Waals surface area contributed by atoms with Crippen molar-refractivity contribution in [1.82, 2.24) is 24.9 Å². The molecule has 32 heavy (non-hydrogen) atoms. The van der Waals surface area contributed by atoms with Crippen LogP contribution in [-0.4, -0.2) is 31.0 Å². The van der Waals surface area contributed by atoms with E-state index >= 15 is 0 Å². The lowest BCUT2D eigenvalue weighted by Crippen LogP contribution is -2.23. The second kappa shape index (κ2) is 8.67. The maximum atomic E-state index is 12.9. The van der Waals surface area contributed by atoms with E-state index in [1.807, 2.05) is 19.1 Å². The number of halogens is 1. The Morgan fingerprint density at radius 2 is 1.88 bits per heavy atom. The van der Waals surface area contributed by atoms with Crippen LogP contribution in [0.15, 0.2) is 47.7 Å². The van der Waals surface area contributed by atoms with Crippen LogP contribution in [0.4, 0.5) is 5.95 Å². The molecule has 7 nitrogen and oxygen atoms in total. The fraction of sp³-hybridized carbons (Fsp3) is 0.292. The van der Waals surface area contributed by atoms with Gasteiger partial charge in [0.1, 0.15) is 5.65 Å². The van der Waals surface area contributed by atoms with Gasteiger partial charge in [-0.1, -0.05) is 43.0 Å². The summed E-state index contributed by atoms with van der Waals surface area (Å²) in [6.45, 7) is 1.89. The van der Waals surface area contributed by atoms with E-state index in [0.29, 0.717) is 33.8 Å². The number of aromatic amines is 1. The number of benzene rings is 1. The lowest BCUT2D eigenvalue weighted by Gasteiger charge is -2.22. The molecular formula is C24H23ClN6O. The molecular weight excluding hydrogens is 424 g/mol. The average molecular weight is 447 g/mol. The van der Waals surface area contributed by atoms with E-state index < -0.39 is 0 Å². The Labute approximate surface area is 190 Å². The zero-order valence-corrected chi connectivity index (χ0v) is 18.5. The Kier molecular flexibility index (Phi) is 5.57. The van der Waals surface area contributed by atoms with Gasteiger partial charge in [-0.3, -0.25) is 9.78 Å². The number of fused-ring (bicyclic) bond motifs is 1. The summed E-state index contributed by atoms with van der Waals surface area (Å²) in [6, 6.07) is 7.70. The lowest BCUT2D eigenvalue weighted by molar-refractivity contribution is 0.461. The molecule has 8 heteroatoms. The highest BCUT2D eigenvalue weighted by molar-refractivity contribution is 6.33. The maximum Gasteiger partial charge on any atom is 0.257 e. The van der Waals surface area contributed by atoms with Gasteiger partial charge in [0.25, 0.3) is 5.56 Å². The summed E-state index contributed by atoms with van der Waals surface area (Å²) in [5.74, 6) is 0.550. The van der Waals surface area contributed by atoms with Gasteiger partial charge in [-0.2, -0.15) is 4.98 Å². The van der Waals surface area contributed by atoms with Gasteiger partial charge in [-0.15, -0.1) is 0 Å². The van der Waals surface area contributed by atoms with E-state index in [9.17, 15) is 4.79 Å². The van der Waals surface area contributed by atoms with Crippen molar-refractivity contribution in [2.45, 2.75) is 45.1 Å². The van der Waals surface area contributed by atoms with Crippen molar-refractivity contribution in [2.75, 3.05) is 5.32 Å². The summed E-state index contributed by atoms with van der Waals surface area (Å²) in [5.41, 5.74) is 3.78. The van der Waals surface area contributed by atoms with Gasteiger partial charge >= 0.3 is 0 Å². The summed E-state index contributed by atoms with van der Waals surface area (Å²) < 4.78 is 0. The topological polar surface area (TPSA) is 96.5 Å². The quantitative estimate of drug-likeness (QED) is 0.450. The summed E-state index contributed by atoms with van der Waals surface area (Å²) in [5, 5.41) is 4.61. The summed E-state index contributed by atoms with van der Waals surface area (Å²) in [6.07, 6.45) is 11.1. The Morgan fingerprint density at radius 1 is 1.03 bits per heavy atom. The molecule has 0 radical (unpaired) electrons. The van der Waals surface area contributed by atoms with Gasteiger partial charge in [-0.25, -0.2) is 9.97 Å². The number of rotatable bonds is 4. The molecule has 1 fully saturated rings. The minimum absolute atomic E-state index is 0.246. The minimum Gasteiger partial charge on any atom is -0.351 e. The standard InChI is InChI=1S/C24H23ClN6O/c1-14-11-26-13-21(28-14)15-7-8-18(20(25)10-15)19-9-16-12-27-24(31-22(16)30-23(19)32)29-17-5-3-2-4-6-17/h7-13,17H,2-6H2,1H3,(H2,27,29,30,31,32). The molecule has 2 N–H and O–H groups in total. The molecule has 3 aromatic heterocycles. The molecule has 4 aromatic rings. The highest BCUT2D eigenvalue weighted by Crippen LogP contribution is 2.31. The summed E-state index contributed by atoms with van der Waals surface area (Å²) in [4.78, 5) is 33.4. The minimum atomic E-state index is -0.246. The van der Waals surface area contributed by atoms with Gasteiger partial charge in [-0.05, 0) is 31.9 Å². The van der Waals surface area contributed by atoms with Crippen LogP contribution in [-0.2, 0) is 0 Å². The van der Waals surface area contributed by atoms with Crippen molar-refractivity contribution >= 4 is 28.6 Å². The second-order valence-corrected chi connectivity index (χ2v) is 8.64. The highest BCUT2D eigenvalue weighted by atomic mass is 35.5. The SMILES string of the molecule is Cc1cncc(-c2ccc(-c3cc4cnc(NC5CCCCC5)nc4[nH]c3=O)c(Cl)c2)n1. The first-order valence-corrected chi connectivity index (χ1v) is 11.2. The first-order chi connectivity index (χ1) is 15.6. The number of hydrogen-bond donors (Lipinski definition) is 2. The molecule has 0 saturated heterocycles. The average Bonchev–Trinajstić information content (AvgIpc) is 2.79. The predicted molar refractivity (Wildman–Crippen MR) is 127 cm³/mol. The van der Waals surface area contributed by atoms with Gasteiger partial charge in [0.2, 0.25) is 5.95 Å². The van der Waals surface area contributed by atoms with E-state index in [2.05, 4.69) is 30.2 Å². The highest BCUT2D eigenvalue weighted by Gasteiger charge is 2.16. The Bertz CT molecular complexity index is 1350. The molecule has 1 aliphatic rings. The Morgan fingerprint density at radius 3 is 2.66 bits per heavy atom. The maximum absolute atomic E-state index is 12.9. The first kappa shape index (κ1) is 20.6. The van der Waals surface area contributed by atoms with E-state index in [0.717, 1.165) is 35.2 Å². The largest absolute Gasteiger partial charge is 0.351 e. The zero-order chi connectivity index (χ0) is 22.1. The third-order valence-corrected chi connectivity index (χ3v) is 6.15. The van der Waals surface area contributed by atoms with Crippen molar-refractivity contribution < 1.29 is 0 Å². The number of H-pyrrole nitrogens is 1. The number of nitrogens with zero attached hydrogens (tertiary/aromatic N) is 4. The molecule has 1 aromatic carbocycles. The fourth-order valence-corrected chi connectivity index (χ4v) is 4.47. The Hall–Kier alpha value is -3.32. The van der Waals surface area contributed by atoms with Crippen LogP contribution in [0.3, 0.4) is 0 Å². The smallest absolute Gasteiger partial charge is 0.257 e. The first-order valence-electron chi connectivity index (χ1n) is 10.8.